The number of nitrogens with one attached hydrogen (secondary N) is 2. The molecular formula is C18H15F3N4O5S. The van der Waals surface area contributed by atoms with E-state index in [4.69, 9.17) is 10.00 Å². The van der Waals surface area contributed by atoms with Crippen molar-refractivity contribution in [1.82, 2.24) is 9.29 Å². The zero-order valence-corrected chi connectivity index (χ0v) is 16.6. The normalized spacial score (nSPS) is 18.0. The Kier molecular flexibility index (Phi) is 6.07. The van der Waals surface area contributed by atoms with Gasteiger partial charge in [-0.05, 0) is 18.2 Å². The lowest BCUT2D eigenvalue weighted by atomic mass is 10.2. The molecule has 0 spiro atoms. The van der Waals surface area contributed by atoms with Gasteiger partial charge in [0, 0.05) is 25.0 Å². The number of aryl methyl sites for hydroxylation is 1. The van der Waals surface area contributed by atoms with E-state index in [9.17, 15) is 31.5 Å². The van der Waals surface area contributed by atoms with E-state index in [-0.39, 0.29) is 28.8 Å². The molecule has 2 aromatic rings. The number of halogens is 3. The number of hydrogen-bond acceptors (Lipinski definition) is 6. The highest BCUT2D eigenvalue weighted by atomic mass is 32.2. The monoisotopic (exact) mass is 456 g/mol. The lowest BCUT2D eigenvalue weighted by molar-refractivity contribution is 0.101. The van der Waals surface area contributed by atoms with Crippen molar-refractivity contribution in [2.45, 2.75) is 17.0 Å². The zero-order valence-electron chi connectivity index (χ0n) is 15.8. The van der Waals surface area contributed by atoms with E-state index in [2.05, 4.69) is 10.0 Å². The standard InChI is InChI=1S/C18H15F3N4O5S/c1-25-7-14-17(30-8-12(24-31(14,28)29)13(26)5-15(20)21)16(25)18(27)23-10-2-3-11(19)9(4-10)6-22/h2-5,7,12-13,24,26H,8H2,1H3,(H,23,27)/t12-,13?/m1/s1. The van der Waals surface area contributed by atoms with Crippen LogP contribution in [0.15, 0.2) is 41.4 Å². The molecule has 1 unspecified atom stereocenters. The highest BCUT2D eigenvalue weighted by molar-refractivity contribution is 7.89. The summed E-state index contributed by atoms with van der Waals surface area (Å²) in [5.74, 6) is -1.96. The Hall–Kier alpha value is -3.34. The summed E-state index contributed by atoms with van der Waals surface area (Å²) in [6.07, 6.45) is -2.83. The SMILES string of the molecule is Cn1cc2c(c1C(=O)Nc1ccc(F)c(C#N)c1)OC[C@H](C(O)C=C(F)F)NS2(=O)=O. The largest absolute Gasteiger partial charge is 0.488 e. The van der Waals surface area contributed by atoms with E-state index in [0.717, 1.165) is 18.3 Å². The van der Waals surface area contributed by atoms with E-state index in [1.54, 1.807) is 6.07 Å². The van der Waals surface area contributed by atoms with Crippen molar-refractivity contribution in [3.63, 3.8) is 0 Å². The zero-order chi connectivity index (χ0) is 22.9. The third-order valence-corrected chi connectivity index (χ3v) is 5.86. The van der Waals surface area contributed by atoms with Crippen molar-refractivity contribution in [3.05, 3.63) is 53.6 Å². The molecule has 3 rings (SSSR count). The maximum Gasteiger partial charge on any atom is 0.276 e. The average Bonchev–Trinajstić information content (AvgIpc) is 2.96. The summed E-state index contributed by atoms with van der Waals surface area (Å²) in [6, 6.07) is 3.48. The van der Waals surface area contributed by atoms with Crippen LogP contribution in [-0.4, -0.2) is 42.8 Å². The van der Waals surface area contributed by atoms with E-state index >= 15 is 0 Å². The molecule has 9 nitrogen and oxygen atoms in total. The van der Waals surface area contributed by atoms with E-state index < -0.39 is 51.5 Å². The summed E-state index contributed by atoms with van der Waals surface area (Å²) in [4.78, 5) is 12.3. The Morgan fingerprint density at radius 2 is 2.19 bits per heavy atom. The molecule has 0 aliphatic carbocycles. The molecule has 2 atom stereocenters. The third kappa shape index (κ3) is 4.55. The summed E-state index contributed by atoms with van der Waals surface area (Å²) in [6.45, 7) is -0.545. The van der Waals surface area contributed by atoms with Crippen LogP contribution in [-0.2, 0) is 17.1 Å². The lowest BCUT2D eigenvalue weighted by Gasteiger charge is -2.18. The highest BCUT2D eigenvalue weighted by Gasteiger charge is 2.36. The molecule has 2 heterocycles. The number of sulfonamides is 1. The molecule has 3 N–H and O–H groups in total. The maximum atomic E-state index is 13.5. The molecule has 0 fully saturated rings. The van der Waals surface area contributed by atoms with Crippen molar-refractivity contribution in [2.24, 2.45) is 7.05 Å². The Morgan fingerprint density at radius 1 is 1.48 bits per heavy atom. The van der Waals surface area contributed by atoms with E-state index in [1.165, 1.54) is 17.7 Å². The number of aromatic nitrogens is 1. The van der Waals surface area contributed by atoms with Gasteiger partial charge < -0.3 is 19.7 Å². The van der Waals surface area contributed by atoms with Crippen LogP contribution in [0.5, 0.6) is 5.75 Å². The molecule has 0 bridgehead atoms. The summed E-state index contributed by atoms with van der Waals surface area (Å²) in [7, 11) is -2.96. The molecule has 1 aromatic heterocycles. The van der Waals surface area contributed by atoms with Crippen molar-refractivity contribution < 1.29 is 36.2 Å². The van der Waals surface area contributed by atoms with Gasteiger partial charge in [-0.3, -0.25) is 4.79 Å². The minimum absolute atomic E-state index is 0.0735. The molecule has 164 valence electrons. The summed E-state index contributed by atoms with van der Waals surface area (Å²) in [5, 5.41) is 21.1. The van der Waals surface area contributed by atoms with Gasteiger partial charge in [-0.15, -0.1) is 0 Å². The van der Waals surface area contributed by atoms with Gasteiger partial charge in [0.05, 0.1) is 17.7 Å². The van der Waals surface area contributed by atoms with Crippen LogP contribution in [0.3, 0.4) is 0 Å². The van der Waals surface area contributed by atoms with E-state index in [1.807, 2.05) is 0 Å². The molecule has 1 aliphatic rings. The molecule has 1 aliphatic heterocycles. The second-order valence-corrected chi connectivity index (χ2v) is 8.21. The topological polar surface area (TPSA) is 133 Å². The molecule has 0 saturated heterocycles. The van der Waals surface area contributed by atoms with Crippen molar-refractivity contribution in [1.29, 1.82) is 5.26 Å². The van der Waals surface area contributed by atoms with Gasteiger partial charge in [0.15, 0.2) is 11.4 Å². The maximum absolute atomic E-state index is 13.5. The average molecular weight is 456 g/mol. The number of amides is 1. The molecule has 13 heteroatoms. The number of hydrogen-bond donors (Lipinski definition) is 3. The van der Waals surface area contributed by atoms with Crippen molar-refractivity contribution in [3.8, 4) is 11.8 Å². The number of anilines is 1. The number of rotatable bonds is 4. The van der Waals surface area contributed by atoms with E-state index in [0.29, 0.717) is 0 Å². The fourth-order valence-corrected chi connectivity index (χ4v) is 4.36. The minimum atomic E-state index is -4.34. The second-order valence-electron chi connectivity index (χ2n) is 6.53. The van der Waals surface area contributed by atoms with Gasteiger partial charge in [-0.2, -0.15) is 14.0 Å². The fraction of sp³-hybridized carbons (Fsp3) is 0.222. The number of benzene rings is 1. The first kappa shape index (κ1) is 22.3. The van der Waals surface area contributed by atoms with Gasteiger partial charge >= 0.3 is 0 Å². The Morgan fingerprint density at radius 3 is 2.84 bits per heavy atom. The molecular weight excluding hydrogens is 441 g/mol. The first-order valence-electron chi connectivity index (χ1n) is 8.60. The predicted molar refractivity (Wildman–Crippen MR) is 100 cm³/mol. The third-order valence-electron chi connectivity index (χ3n) is 4.37. The summed E-state index contributed by atoms with van der Waals surface area (Å²) < 4.78 is 72.2. The molecule has 1 amide bonds. The quantitative estimate of drug-likeness (QED) is 0.638. The van der Waals surface area contributed by atoms with Crippen LogP contribution in [0.1, 0.15) is 16.1 Å². The van der Waals surface area contributed by atoms with Crippen LogP contribution in [0.25, 0.3) is 0 Å². The van der Waals surface area contributed by atoms with Gasteiger partial charge in [0.1, 0.15) is 23.4 Å². The number of nitriles is 1. The number of ether oxygens (including phenoxy) is 1. The second kappa shape index (κ2) is 8.42. The number of carbonyl (C=O) groups is 1. The Bertz CT molecular complexity index is 1220. The van der Waals surface area contributed by atoms with Crippen molar-refractivity contribution in [2.75, 3.05) is 11.9 Å². The number of fused-ring (bicyclic) bond motifs is 1. The van der Waals surface area contributed by atoms with Gasteiger partial charge in [-0.1, -0.05) is 0 Å². The summed E-state index contributed by atoms with van der Waals surface area (Å²) in [5.41, 5.74) is -0.466. The number of aliphatic hydroxyl groups excluding tert-OH is 1. The number of aliphatic hydroxyl groups is 1. The van der Waals surface area contributed by atoms with Crippen LogP contribution in [0.2, 0.25) is 0 Å². The number of carbonyl (C=O) groups excluding carboxylic acids is 1. The Balaban J connectivity index is 1.95. The van der Waals surface area contributed by atoms with Crippen LogP contribution in [0, 0.1) is 17.1 Å². The van der Waals surface area contributed by atoms with Gasteiger partial charge in [0.2, 0.25) is 10.0 Å². The first-order chi connectivity index (χ1) is 14.5. The predicted octanol–water partition coefficient (Wildman–Crippen LogP) is 1.47. The first-order valence-corrected chi connectivity index (χ1v) is 10.1. The molecule has 1 aromatic carbocycles. The van der Waals surface area contributed by atoms with Crippen molar-refractivity contribution >= 4 is 21.6 Å². The lowest BCUT2D eigenvalue weighted by Crippen LogP contribution is -2.44. The van der Waals surface area contributed by atoms with Crippen LogP contribution in [0.4, 0.5) is 18.9 Å². The van der Waals surface area contributed by atoms with Gasteiger partial charge in [-0.25, -0.2) is 17.5 Å². The van der Waals surface area contributed by atoms with Crippen LogP contribution < -0.4 is 14.8 Å². The number of nitrogens with zero attached hydrogens (tertiary/aromatic N) is 2. The fourth-order valence-electron chi connectivity index (χ4n) is 2.93. The molecule has 31 heavy (non-hydrogen) atoms. The molecule has 0 saturated carbocycles. The highest BCUT2D eigenvalue weighted by Crippen LogP contribution is 2.33. The molecule has 0 radical (unpaired) electrons. The van der Waals surface area contributed by atoms with Crippen LogP contribution >= 0.6 is 0 Å². The smallest absolute Gasteiger partial charge is 0.276 e. The summed E-state index contributed by atoms with van der Waals surface area (Å²) >= 11 is 0. The minimum Gasteiger partial charge on any atom is -0.488 e. The van der Waals surface area contributed by atoms with Gasteiger partial charge in [0.25, 0.3) is 12.0 Å². The Labute approximate surface area is 174 Å².